The van der Waals surface area contributed by atoms with E-state index in [0.717, 1.165) is 10.0 Å². The third-order valence-corrected chi connectivity index (χ3v) is 2.41. The first-order valence-corrected chi connectivity index (χ1v) is 5.02. The van der Waals surface area contributed by atoms with Crippen molar-refractivity contribution in [2.45, 2.75) is 12.5 Å². The van der Waals surface area contributed by atoms with E-state index in [1.165, 1.54) is 6.41 Å². The molecule has 0 saturated heterocycles. The zero-order valence-corrected chi connectivity index (χ0v) is 12.0. The molecule has 16 heavy (non-hydrogen) atoms. The molecule has 0 spiro atoms. The first kappa shape index (κ1) is 13.6. The zero-order valence-electron chi connectivity index (χ0n) is 8.02. The minimum Gasteiger partial charge on any atom is -0.520 e. The van der Waals surface area contributed by atoms with Crippen molar-refractivity contribution < 1.29 is 14.7 Å². The van der Waals surface area contributed by atoms with Crippen molar-refractivity contribution >= 4 is 28.3 Å². The first-order valence-electron chi connectivity index (χ1n) is 4.23. The van der Waals surface area contributed by atoms with Gasteiger partial charge in [0.25, 0.3) is 0 Å². The molecule has 0 fully saturated rings. The Kier molecular flexibility index (Phi) is 5.27. The second kappa shape index (κ2) is 6.19. The second-order valence-electron chi connectivity index (χ2n) is 2.97. The van der Waals surface area contributed by atoms with E-state index in [2.05, 4.69) is 21.2 Å². The van der Waals surface area contributed by atoms with E-state index in [1.54, 1.807) is 12.1 Å². The van der Waals surface area contributed by atoms with Crippen LogP contribution < -0.4 is 5.32 Å². The largest absolute Gasteiger partial charge is 0.520 e. The maximum atomic E-state index is 10.7. The molecular weight excluding hydrogens is 519 g/mol. The molecule has 0 aromatic heterocycles. The number of aliphatic carboxylic acids is 1. The van der Waals surface area contributed by atoms with Crippen molar-refractivity contribution in [3.8, 4) is 0 Å². The summed E-state index contributed by atoms with van der Waals surface area (Å²) in [7, 11) is 0. The van der Waals surface area contributed by atoms with E-state index < -0.39 is 12.0 Å². The van der Waals surface area contributed by atoms with Crippen LogP contribution in [0.2, 0.25) is 0 Å². The van der Waals surface area contributed by atoms with Gasteiger partial charge in [0.05, 0.1) is 0 Å². The Labute approximate surface area is 95.4 Å². The fourth-order valence-corrected chi connectivity index (χ4v) is 1.39. The van der Waals surface area contributed by atoms with Gasteiger partial charge in [-0.3, -0.25) is 4.79 Å². The Morgan fingerprint density at radius 2 is 2.00 bits per heavy atom. The van der Waals surface area contributed by atoms with Gasteiger partial charge in [-0.2, -0.15) is 6.41 Å². The van der Waals surface area contributed by atoms with Crippen molar-refractivity contribution in [3.63, 3.8) is 0 Å². The molecule has 1 atom stereocenters. The summed E-state index contributed by atoms with van der Waals surface area (Å²) in [6, 6.07) is 6.31. The van der Waals surface area contributed by atoms with Gasteiger partial charge in [-0.05, 0) is 17.7 Å². The van der Waals surface area contributed by atoms with Gasteiger partial charge in [0.1, 0.15) is 6.04 Å². The summed E-state index contributed by atoms with van der Waals surface area (Å²) in [4.78, 5) is 20.8. The van der Waals surface area contributed by atoms with Crippen molar-refractivity contribution in [2.75, 3.05) is 0 Å². The van der Waals surface area contributed by atoms with Gasteiger partial charge in [0.2, 0.25) is 0 Å². The van der Waals surface area contributed by atoms with Crippen LogP contribution in [0.1, 0.15) is 5.56 Å². The summed E-state index contributed by atoms with van der Waals surface area (Å²) in [6.07, 6.45) is 1.64. The molecule has 0 heterocycles. The van der Waals surface area contributed by atoms with Gasteiger partial charge in [-0.15, -0.1) is 0 Å². The molecular formula is C10H9BrFmNO3-. The third kappa shape index (κ3) is 3.79. The first-order chi connectivity index (χ1) is 7.13. The van der Waals surface area contributed by atoms with Crippen molar-refractivity contribution in [3.05, 3.63) is 34.3 Å². The summed E-state index contributed by atoms with van der Waals surface area (Å²) < 4.78 is 0.924. The van der Waals surface area contributed by atoms with Crippen molar-refractivity contribution in [2.24, 2.45) is 0 Å². The predicted octanol–water partition coefficient (Wildman–Crippen LogP) is 1.10. The Morgan fingerprint density at radius 1 is 1.44 bits per heavy atom. The molecule has 1 aromatic carbocycles. The maximum Gasteiger partial charge on any atom is 0.323 e. The average molecular weight is 528 g/mol. The van der Waals surface area contributed by atoms with E-state index in [0.29, 0.717) is 0 Å². The number of carboxylic acids is 1. The zero-order chi connectivity index (χ0) is 11.3. The number of carbonyl (C=O) groups is 1. The van der Waals surface area contributed by atoms with E-state index in [-0.39, 0.29) is 6.42 Å². The quantitative estimate of drug-likeness (QED) is 0.445. The molecule has 0 aliphatic heterocycles. The average Bonchev–Trinajstić information content (AvgIpc) is 2.20. The molecule has 2 N–H and O–H groups in total. The number of benzene rings is 1. The fourth-order valence-electron chi connectivity index (χ4n) is 1.13. The van der Waals surface area contributed by atoms with Gasteiger partial charge in [0, 0.05) is 10.9 Å². The van der Waals surface area contributed by atoms with Gasteiger partial charge < -0.3 is 15.2 Å². The minimum absolute atomic E-state index is 0. The second-order valence-corrected chi connectivity index (χ2v) is 3.88. The normalized spacial score (nSPS) is 11.1. The topological polar surface area (TPSA) is 66.4 Å². The van der Waals surface area contributed by atoms with E-state index in [4.69, 9.17) is 5.11 Å². The monoisotopic (exact) mass is 527 g/mol. The number of hydrogen-bond donors (Lipinski definition) is 2. The molecule has 0 aliphatic carbocycles. The Morgan fingerprint density at radius 3 is 2.44 bits per heavy atom. The minimum atomic E-state index is -1.07. The van der Waals surface area contributed by atoms with Crippen LogP contribution in [0.3, 0.4) is 0 Å². The summed E-state index contributed by atoms with van der Waals surface area (Å²) in [5.74, 6) is -1.07. The van der Waals surface area contributed by atoms with Crippen molar-refractivity contribution in [1.29, 1.82) is 0 Å². The molecule has 1 amide bonds. The molecule has 0 bridgehead atoms. The number of carboxylic acid groups (broad SMARTS) is 1. The van der Waals surface area contributed by atoms with Crippen LogP contribution in [0.15, 0.2) is 28.7 Å². The fraction of sp³-hybridized carbons (Fsp3) is 0.200. The molecule has 0 aliphatic rings. The smallest absolute Gasteiger partial charge is 0.323 e. The molecule has 4 nitrogen and oxygen atoms in total. The Bertz CT molecular complexity index is 356. The number of rotatable bonds is 5. The van der Waals surface area contributed by atoms with Gasteiger partial charge in [-0.1, -0.05) is 28.1 Å². The summed E-state index contributed by atoms with van der Waals surface area (Å²) >= 11 is 3.28. The van der Waals surface area contributed by atoms with Gasteiger partial charge in [-0.25, -0.2) is 0 Å². The van der Waals surface area contributed by atoms with Crippen LogP contribution in [-0.4, -0.2) is 23.5 Å². The molecule has 92 valence electrons. The third-order valence-electron chi connectivity index (χ3n) is 1.88. The number of amides is 1. The molecule has 0 unspecified atom stereocenters. The SMILES string of the molecule is O=[C-]N[C@@H](Cc1ccc(Br)cc1)C(=O)O.[Fm]. The van der Waals surface area contributed by atoms with Crippen LogP contribution >= 0.6 is 15.9 Å². The standard InChI is InChI=1S/C10H9BrNO3.Fm/c11-8-3-1-7(2-4-8)5-9(10(14)15)12-6-13;/h1-4,9H,5H2,(H,12,13)(H,14,15);/q-1;/t9-;/m0./s1. The summed E-state index contributed by atoms with van der Waals surface area (Å²) in [5, 5.41) is 10.9. The van der Waals surface area contributed by atoms with Crippen LogP contribution in [-0.2, 0) is 16.0 Å². The van der Waals surface area contributed by atoms with Gasteiger partial charge in [0.15, 0.2) is 0 Å². The molecule has 6 heteroatoms. The molecule has 0 saturated carbocycles. The van der Waals surface area contributed by atoms with Gasteiger partial charge >= 0.3 is 5.97 Å². The van der Waals surface area contributed by atoms with Crippen LogP contribution in [0.25, 0.3) is 0 Å². The van der Waals surface area contributed by atoms with Crippen LogP contribution in [0.4, 0.5) is 0 Å². The summed E-state index contributed by atoms with van der Waals surface area (Å²) in [5.41, 5.74) is 0.841. The number of carbonyl (C=O) groups excluding carboxylic acids is 1. The predicted molar refractivity (Wildman–Crippen MR) is 58.1 cm³/mol. The Balaban J connectivity index is 0.00000225. The number of hydrogen-bond acceptors (Lipinski definition) is 2. The number of halogens is 1. The van der Waals surface area contributed by atoms with E-state index >= 15 is 0 Å². The summed E-state index contributed by atoms with van der Waals surface area (Å²) in [6.45, 7) is 0. The van der Waals surface area contributed by atoms with Crippen LogP contribution in [0, 0.1) is 0 Å². The Hall–Kier alpha value is -2.36. The van der Waals surface area contributed by atoms with E-state index in [9.17, 15) is 9.59 Å². The van der Waals surface area contributed by atoms with E-state index in [1.807, 2.05) is 12.1 Å². The maximum absolute atomic E-state index is 10.7. The molecule has 1 aromatic rings. The number of nitrogens with one attached hydrogen (secondary N) is 1. The van der Waals surface area contributed by atoms with Crippen molar-refractivity contribution in [1.82, 2.24) is 5.32 Å². The van der Waals surface area contributed by atoms with Crippen LogP contribution in [0.5, 0.6) is 0 Å². The molecule has 0 radical (unpaired) electrons. The molecule has 1 rings (SSSR count).